The number of esters is 2. The Balaban J connectivity index is 1.71. The van der Waals surface area contributed by atoms with Gasteiger partial charge in [0.25, 0.3) is 0 Å². The molecule has 1 fully saturated rings. The summed E-state index contributed by atoms with van der Waals surface area (Å²) in [6.07, 6.45) is -0.507. The second kappa shape index (κ2) is 11.8. The summed E-state index contributed by atoms with van der Waals surface area (Å²) in [5.41, 5.74) is -0.954. The summed E-state index contributed by atoms with van der Waals surface area (Å²) in [6.45, 7) is -0.604. The van der Waals surface area contributed by atoms with Gasteiger partial charge in [0.1, 0.15) is 24.4 Å². The number of phenolic OH excluding ortho intramolecular Hbond substituents is 4. The molecule has 7 N–H and O–H groups in total. The Morgan fingerprint density at radius 2 is 1.38 bits per heavy atom. The summed E-state index contributed by atoms with van der Waals surface area (Å²) in [5, 5.41) is 67.6. The molecule has 12 heteroatoms. The van der Waals surface area contributed by atoms with Crippen LogP contribution in [0.5, 0.6) is 23.0 Å². The normalized spacial score (nSPS) is 23.8. The maximum atomic E-state index is 12.5. The SMILES string of the molecule is O=C(/C=C/c1ccc(O)c(O)c1)OC1CC(COO)(OC(=O)/C=C/c2ccc(O)c(O)c2)CC(O)C1O. The molecule has 0 heterocycles. The van der Waals surface area contributed by atoms with E-state index in [2.05, 4.69) is 4.89 Å². The first-order valence-corrected chi connectivity index (χ1v) is 11.0. The van der Waals surface area contributed by atoms with Gasteiger partial charge in [-0.2, -0.15) is 0 Å². The van der Waals surface area contributed by atoms with E-state index in [9.17, 15) is 40.2 Å². The van der Waals surface area contributed by atoms with Crippen molar-refractivity contribution in [2.75, 3.05) is 6.61 Å². The van der Waals surface area contributed by atoms with Crippen LogP contribution in [-0.4, -0.2) is 78.4 Å². The third kappa shape index (κ3) is 7.21. The smallest absolute Gasteiger partial charge is 0.331 e. The van der Waals surface area contributed by atoms with Crippen LogP contribution in [0.4, 0.5) is 0 Å². The molecule has 4 unspecified atom stereocenters. The van der Waals surface area contributed by atoms with Gasteiger partial charge >= 0.3 is 11.9 Å². The lowest BCUT2D eigenvalue weighted by atomic mass is 9.79. The molecule has 198 valence electrons. The van der Waals surface area contributed by atoms with Gasteiger partial charge in [-0.15, -0.1) is 0 Å². The van der Waals surface area contributed by atoms with Crippen molar-refractivity contribution in [1.29, 1.82) is 0 Å². The van der Waals surface area contributed by atoms with E-state index >= 15 is 0 Å². The Bertz CT molecular complexity index is 1190. The molecule has 1 aliphatic rings. The van der Waals surface area contributed by atoms with Crippen LogP contribution >= 0.6 is 0 Å². The molecule has 3 rings (SSSR count). The molecule has 4 atom stereocenters. The molecule has 37 heavy (non-hydrogen) atoms. The lowest BCUT2D eigenvalue weighted by molar-refractivity contribution is -0.289. The molecule has 12 nitrogen and oxygen atoms in total. The van der Waals surface area contributed by atoms with Crippen LogP contribution in [0.2, 0.25) is 0 Å². The van der Waals surface area contributed by atoms with Crippen LogP contribution in [0, 0.1) is 0 Å². The Morgan fingerprint density at radius 3 is 1.89 bits per heavy atom. The number of ether oxygens (including phenoxy) is 2. The van der Waals surface area contributed by atoms with Crippen LogP contribution in [-0.2, 0) is 24.0 Å². The van der Waals surface area contributed by atoms with Crippen LogP contribution in [0.15, 0.2) is 48.6 Å². The summed E-state index contributed by atoms with van der Waals surface area (Å²) in [6, 6.07) is 7.70. The molecule has 1 saturated carbocycles. The highest BCUT2D eigenvalue weighted by molar-refractivity contribution is 5.88. The average molecular weight is 518 g/mol. The van der Waals surface area contributed by atoms with Gasteiger partial charge in [-0.05, 0) is 47.5 Å². The van der Waals surface area contributed by atoms with E-state index < -0.39 is 54.0 Å². The van der Waals surface area contributed by atoms with E-state index in [4.69, 9.17) is 14.7 Å². The number of phenols is 4. The molecule has 0 saturated heterocycles. The number of aliphatic hydroxyl groups is 2. The summed E-state index contributed by atoms with van der Waals surface area (Å²) < 4.78 is 10.7. The van der Waals surface area contributed by atoms with Crippen LogP contribution < -0.4 is 0 Å². The quantitative estimate of drug-likeness (QED) is 0.0872. The molecule has 0 spiro atoms. The highest BCUT2D eigenvalue weighted by atomic mass is 17.1. The van der Waals surface area contributed by atoms with Gasteiger partial charge in [-0.3, -0.25) is 5.26 Å². The highest BCUT2D eigenvalue weighted by Gasteiger charge is 2.49. The van der Waals surface area contributed by atoms with Crippen LogP contribution in [0.1, 0.15) is 24.0 Å². The first-order chi connectivity index (χ1) is 17.5. The maximum Gasteiger partial charge on any atom is 0.331 e. The largest absolute Gasteiger partial charge is 0.504 e. The number of hydrogen-bond acceptors (Lipinski definition) is 12. The second-order valence-electron chi connectivity index (χ2n) is 8.48. The molecule has 2 aromatic carbocycles. The number of rotatable bonds is 8. The monoisotopic (exact) mass is 518 g/mol. The predicted molar refractivity (Wildman–Crippen MR) is 126 cm³/mol. The minimum absolute atomic E-state index is 0.328. The van der Waals surface area contributed by atoms with E-state index in [0.717, 1.165) is 12.2 Å². The van der Waals surface area contributed by atoms with Gasteiger partial charge in [0, 0.05) is 25.0 Å². The van der Waals surface area contributed by atoms with Crippen molar-refractivity contribution in [2.45, 2.75) is 36.8 Å². The number of carbonyl (C=O) groups is 2. The summed E-state index contributed by atoms with van der Waals surface area (Å²) >= 11 is 0. The third-order valence-electron chi connectivity index (χ3n) is 5.66. The third-order valence-corrected chi connectivity index (χ3v) is 5.66. The van der Waals surface area contributed by atoms with Crippen molar-refractivity contribution in [3.05, 3.63) is 59.7 Å². The number of aliphatic hydroxyl groups excluding tert-OH is 2. The van der Waals surface area contributed by atoms with Gasteiger partial charge in [-0.1, -0.05) is 12.1 Å². The molecule has 0 amide bonds. The first kappa shape index (κ1) is 27.5. The Hall–Kier alpha value is -4.10. The molecular formula is C25H26O12. The van der Waals surface area contributed by atoms with Crippen LogP contribution in [0.3, 0.4) is 0 Å². The fourth-order valence-corrected chi connectivity index (χ4v) is 3.83. The van der Waals surface area contributed by atoms with E-state index in [0.29, 0.717) is 11.1 Å². The molecular weight excluding hydrogens is 492 g/mol. The standard InChI is InChI=1S/C25H26O12/c26-16-5-1-14(9-18(16)28)3-7-22(31)36-21-12-25(13-35-34,11-20(30)24(21)33)37-23(32)8-4-15-2-6-17(27)19(29)10-15/h1-10,20-21,24,26-30,33-34H,11-13H2/b7-3+,8-4+. The van der Waals surface area contributed by atoms with Crippen molar-refractivity contribution in [1.82, 2.24) is 0 Å². The fourth-order valence-electron chi connectivity index (χ4n) is 3.83. The first-order valence-electron chi connectivity index (χ1n) is 11.0. The Kier molecular flexibility index (Phi) is 8.73. The number of carbonyl (C=O) groups excluding carboxylic acids is 2. The second-order valence-corrected chi connectivity index (χ2v) is 8.48. The predicted octanol–water partition coefficient (Wildman–Crippen LogP) is 1.43. The van der Waals surface area contributed by atoms with Gasteiger partial charge in [0.15, 0.2) is 23.0 Å². The zero-order chi connectivity index (χ0) is 27.2. The van der Waals surface area contributed by atoms with E-state index in [1.807, 2.05) is 0 Å². The van der Waals surface area contributed by atoms with Crippen LogP contribution in [0.25, 0.3) is 12.2 Å². The lowest BCUT2D eigenvalue weighted by Gasteiger charge is -2.43. The molecule has 2 aromatic rings. The number of hydrogen-bond donors (Lipinski definition) is 7. The molecule has 0 aromatic heterocycles. The zero-order valence-corrected chi connectivity index (χ0v) is 19.3. The summed E-state index contributed by atoms with van der Waals surface area (Å²) in [7, 11) is 0. The van der Waals surface area contributed by atoms with E-state index in [-0.39, 0.29) is 24.3 Å². The van der Waals surface area contributed by atoms with Gasteiger partial charge in [-0.25, -0.2) is 14.5 Å². The Labute approximate surface area is 210 Å². The average Bonchev–Trinajstić information content (AvgIpc) is 2.84. The Morgan fingerprint density at radius 1 is 0.838 bits per heavy atom. The number of benzene rings is 2. The minimum atomic E-state index is -1.68. The topological polar surface area (TPSA) is 203 Å². The molecule has 0 bridgehead atoms. The van der Waals surface area contributed by atoms with Gasteiger partial charge in [0.05, 0.1) is 6.10 Å². The van der Waals surface area contributed by atoms with Crippen molar-refractivity contribution in [3.63, 3.8) is 0 Å². The lowest BCUT2D eigenvalue weighted by Crippen LogP contribution is -2.57. The number of aromatic hydroxyl groups is 4. The molecule has 1 aliphatic carbocycles. The van der Waals surface area contributed by atoms with Crippen molar-refractivity contribution < 1.29 is 59.8 Å². The highest BCUT2D eigenvalue weighted by Crippen LogP contribution is 2.35. The molecule has 0 aliphatic heterocycles. The van der Waals surface area contributed by atoms with Gasteiger partial charge in [0.2, 0.25) is 0 Å². The summed E-state index contributed by atoms with van der Waals surface area (Å²) in [5.74, 6) is -3.33. The van der Waals surface area contributed by atoms with E-state index in [1.165, 1.54) is 48.6 Å². The molecule has 0 radical (unpaired) electrons. The maximum absolute atomic E-state index is 12.5. The van der Waals surface area contributed by atoms with Crippen molar-refractivity contribution in [3.8, 4) is 23.0 Å². The zero-order valence-electron chi connectivity index (χ0n) is 19.3. The minimum Gasteiger partial charge on any atom is -0.504 e. The summed E-state index contributed by atoms with van der Waals surface area (Å²) in [4.78, 5) is 29.0. The fraction of sp³-hybridized carbons (Fsp3) is 0.280. The van der Waals surface area contributed by atoms with Crippen molar-refractivity contribution in [2.24, 2.45) is 0 Å². The van der Waals surface area contributed by atoms with Gasteiger partial charge < -0.3 is 40.1 Å². The van der Waals surface area contributed by atoms with E-state index in [1.54, 1.807) is 0 Å². The van der Waals surface area contributed by atoms with Crippen molar-refractivity contribution >= 4 is 24.1 Å².